The van der Waals surface area contributed by atoms with Crippen molar-refractivity contribution < 1.29 is 0 Å². The van der Waals surface area contributed by atoms with Gasteiger partial charge in [-0.2, -0.15) is 0 Å². The topological polar surface area (TPSA) is 24.1 Å². The third-order valence-corrected chi connectivity index (χ3v) is 8.29. The smallest absolute Gasteiger partial charge is 0.0342 e. The normalized spacial score (nSPS) is 38.7. The average Bonchev–Trinajstić information content (AvgIpc) is 3.43. The molecule has 5 rings (SSSR count). The fourth-order valence-electron chi connectivity index (χ4n) is 6.38. The molecular formula is C27H38N2. The Balaban J connectivity index is 1.02. The number of para-hydroxylation sites is 1. The van der Waals surface area contributed by atoms with Crippen LogP contribution in [0, 0.1) is 29.6 Å². The fraction of sp³-hybridized carbons (Fsp3) is 0.630. The molecule has 4 aliphatic carbocycles. The zero-order valence-corrected chi connectivity index (χ0v) is 18.0. The van der Waals surface area contributed by atoms with Gasteiger partial charge in [-0.1, -0.05) is 37.3 Å². The lowest BCUT2D eigenvalue weighted by atomic mass is 9.75. The van der Waals surface area contributed by atoms with Crippen molar-refractivity contribution in [3.63, 3.8) is 0 Å². The van der Waals surface area contributed by atoms with E-state index in [4.69, 9.17) is 0 Å². The molecule has 2 unspecified atom stereocenters. The Morgan fingerprint density at radius 1 is 0.793 bits per heavy atom. The van der Waals surface area contributed by atoms with E-state index >= 15 is 0 Å². The number of nitrogens with one attached hydrogen (secondary N) is 2. The van der Waals surface area contributed by atoms with E-state index in [0.717, 1.165) is 35.6 Å². The molecule has 2 heteroatoms. The minimum absolute atomic E-state index is 0.681. The van der Waals surface area contributed by atoms with Crippen LogP contribution in [0.3, 0.4) is 0 Å². The van der Waals surface area contributed by atoms with E-state index in [0.29, 0.717) is 6.04 Å². The van der Waals surface area contributed by atoms with Gasteiger partial charge in [0.2, 0.25) is 0 Å². The Bertz CT molecular complexity index is 720. The van der Waals surface area contributed by atoms with Crippen molar-refractivity contribution in [3.8, 4) is 0 Å². The highest BCUT2D eigenvalue weighted by Gasteiger charge is 2.48. The number of fused-ring (bicyclic) bond motifs is 1. The molecule has 3 fully saturated rings. The first-order valence-corrected chi connectivity index (χ1v) is 12.2. The summed E-state index contributed by atoms with van der Waals surface area (Å²) in [5.41, 5.74) is 2.83. The molecule has 29 heavy (non-hydrogen) atoms. The SMILES string of the molecule is CC1C2C(NC3CCC(CC4CCC(Nc5ccccc5)CC4)CC3)=CC=C[C@H]12. The molecule has 2 N–H and O–H groups in total. The van der Waals surface area contributed by atoms with Crippen LogP contribution >= 0.6 is 0 Å². The van der Waals surface area contributed by atoms with Gasteiger partial charge in [0.25, 0.3) is 0 Å². The fourth-order valence-corrected chi connectivity index (χ4v) is 6.38. The Morgan fingerprint density at radius 3 is 2.07 bits per heavy atom. The lowest BCUT2D eigenvalue weighted by molar-refractivity contribution is 0.220. The predicted molar refractivity (Wildman–Crippen MR) is 123 cm³/mol. The third kappa shape index (κ3) is 4.57. The molecule has 3 saturated carbocycles. The molecule has 156 valence electrons. The zero-order chi connectivity index (χ0) is 19.6. The summed E-state index contributed by atoms with van der Waals surface area (Å²) in [5, 5.41) is 7.68. The highest BCUT2D eigenvalue weighted by Crippen LogP contribution is 2.52. The molecule has 0 amide bonds. The van der Waals surface area contributed by atoms with E-state index in [1.807, 2.05) is 0 Å². The molecule has 1 aromatic carbocycles. The van der Waals surface area contributed by atoms with Gasteiger partial charge < -0.3 is 10.6 Å². The first-order chi connectivity index (χ1) is 14.3. The van der Waals surface area contributed by atoms with Gasteiger partial charge in [-0.3, -0.25) is 0 Å². The molecular weight excluding hydrogens is 352 g/mol. The Labute approximate surface area is 177 Å². The molecule has 0 aliphatic heterocycles. The van der Waals surface area contributed by atoms with Crippen LogP contribution in [0.15, 0.2) is 54.3 Å². The summed E-state index contributed by atoms with van der Waals surface area (Å²) in [6, 6.07) is 12.2. The second-order valence-corrected chi connectivity index (χ2v) is 10.3. The molecule has 0 bridgehead atoms. The Hall–Kier alpha value is -1.70. The van der Waals surface area contributed by atoms with Crippen molar-refractivity contribution in [3.05, 3.63) is 54.3 Å². The molecule has 4 aliphatic rings. The number of benzene rings is 1. The van der Waals surface area contributed by atoms with Crippen LogP contribution in [0.25, 0.3) is 0 Å². The van der Waals surface area contributed by atoms with Gasteiger partial charge in [-0.05, 0) is 99.7 Å². The third-order valence-electron chi connectivity index (χ3n) is 8.29. The first-order valence-electron chi connectivity index (χ1n) is 12.2. The number of hydrogen-bond acceptors (Lipinski definition) is 2. The molecule has 0 aromatic heterocycles. The van der Waals surface area contributed by atoms with Crippen molar-refractivity contribution in [2.24, 2.45) is 29.6 Å². The predicted octanol–water partition coefficient (Wildman–Crippen LogP) is 6.53. The summed E-state index contributed by atoms with van der Waals surface area (Å²) in [7, 11) is 0. The van der Waals surface area contributed by atoms with E-state index in [2.05, 4.69) is 66.1 Å². The zero-order valence-electron chi connectivity index (χ0n) is 18.0. The molecule has 0 spiro atoms. The first kappa shape index (κ1) is 19.3. The van der Waals surface area contributed by atoms with Gasteiger partial charge in [-0.15, -0.1) is 0 Å². The van der Waals surface area contributed by atoms with Gasteiger partial charge in [0.1, 0.15) is 0 Å². The summed E-state index contributed by atoms with van der Waals surface area (Å²) < 4.78 is 0. The van der Waals surface area contributed by atoms with Gasteiger partial charge in [0.05, 0.1) is 0 Å². The van der Waals surface area contributed by atoms with Gasteiger partial charge in [0, 0.05) is 29.4 Å². The van der Waals surface area contributed by atoms with E-state index in [1.165, 1.54) is 69.2 Å². The van der Waals surface area contributed by atoms with Gasteiger partial charge >= 0.3 is 0 Å². The van der Waals surface area contributed by atoms with E-state index in [-0.39, 0.29) is 0 Å². The second-order valence-electron chi connectivity index (χ2n) is 10.3. The maximum atomic E-state index is 3.93. The van der Waals surface area contributed by atoms with Crippen molar-refractivity contribution in [2.75, 3.05) is 5.32 Å². The minimum atomic E-state index is 0.681. The molecule has 3 atom stereocenters. The molecule has 0 heterocycles. The Kier molecular flexibility index (Phi) is 5.70. The van der Waals surface area contributed by atoms with Crippen LogP contribution in [0.4, 0.5) is 5.69 Å². The van der Waals surface area contributed by atoms with Crippen molar-refractivity contribution >= 4 is 5.69 Å². The summed E-state index contributed by atoms with van der Waals surface area (Å²) in [5.74, 6) is 4.43. The number of anilines is 1. The summed E-state index contributed by atoms with van der Waals surface area (Å²) in [4.78, 5) is 0. The van der Waals surface area contributed by atoms with Crippen molar-refractivity contribution in [2.45, 2.75) is 76.8 Å². The number of hydrogen-bond donors (Lipinski definition) is 2. The lowest BCUT2D eigenvalue weighted by Gasteiger charge is -2.35. The van der Waals surface area contributed by atoms with Crippen LogP contribution in [0.2, 0.25) is 0 Å². The van der Waals surface area contributed by atoms with Crippen LogP contribution < -0.4 is 10.6 Å². The average molecular weight is 391 g/mol. The van der Waals surface area contributed by atoms with Crippen LogP contribution in [-0.4, -0.2) is 12.1 Å². The summed E-state index contributed by atoms with van der Waals surface area (Å²) >= 11 is 0. The molecule has 0 radical (unpaired) electrons. The maximum Gasteiger partial charge on any atom is 0.0342 e. The maximum absolute atomic E-state index is 3.93. The van der Waals surface area contributed by atoms with Gasteiger partial charge in [0.15, 0.2) is 0 Å². The Morgan fingerprint density at radius 2 is 1.41 bits per heavy atom. The highest BCUT2D eigenvalue weighted by molar-refractivity contribution is 5.43. The standard InChI is InChI=1S/C27H38N2/c1-19-25-8-5-9-26(27(19)25)29-24-16-12-21(13-17-24)18-20-10-14-23(15-11-20)28-22-6-3-2-4-7-22/h2-9,19-21,23-25,27-29H,10-18H2,1H3/t19?,20?,21?,23?,24?,25-,27?/m1/s1. The second kappa shape index (κ2) is 8.58. The highest BCUT2D eigenvalue weighted by atomic mass is 15.0. The van der Waals surface area contributed by atoms with Crippen LogP contribution in [0.5, 0.6) is 0 Å². The summed E-state index contributed by atoms with van der Waals surface area (Å²) in [6.45, 7) is 2.40. The van der Waals surface area contributed by atoms with E-state index in [9.17, 15) is 0 Å². The number of allylic oxidation sites excluding steroid dienone is 4. The van der Waals surface area contributed by atoms with E-state index in [1.54, 1.807) is 0 Å². The van der Waals surface area contributed by atoms with E-state index < -0.39 is 0 Å². The quantitative estimate of drug-likeness (QED) is 0.577. The van der Waals surface area contributed by atoms with Gasteiger partial charge in [-0.25, -0.2) is 0 Å². The monoisotopic (exact) mass is 390 g/mol. The molecule has 1 aromatic rings. The minimum Gasteiger partial charge on any atom is -0.385 e. The summed E-state index contributed by atoms with van der Waals surface area (Å²) in [6.07, 6.45) is 19.7. The van der Waals surface area contributed by atoms with Crippen LogP contribution in [-0.2, 0) is 0 Å². The molecule has 0 saturated heterocycles. The van der Waals surface area contributed by atoms with Crippen molar-refractivity contribution in [1.82, 2.24) is 5.32 Å². The molecule has 2 nitrogen and oxygen atoms in total. The van der Waals surface area contributed by atoms with Crippen LogP contribution in [0.1, 0.15) is 64.7 Å². The van der Waals surface area contributed by atoms with Crippen molar-refractivity contribution in [1.29, 1.82) is 0 Å². The number of rotatable bonds is 6. The largest absolute Gasteiger partial charge is 0.385 e. The lowest BCUT2D eigenvalue weighted by Crippen LogP contribution is -2.34.